The molecule has 0 aromatic rings. The summed E-state index contributed by atoms with van der Waals surface area (Å²) in [6.45, 7) is 3.71. The minimum absolute atomic E-state index is 0.135. The molecule has 0 saturated carbocycles. The molecule has 7 atom stereocenters. The van der Waals surface area contributed by atoms with Gasteiger partial charge in [-0.25, -0.2) is 0 Å². The molecule has 9 heteroatoms. The van der Waals surface area contributed by atoms with E-state index in [1.165, 1.54) is 205 Å². The highest BCUT2D eigenvalue weighted by Crippen LogP contribution is 2.23. The Hall–Kier alpha value is -1.85. The lowest BCUT2D eigenvalue weighted by Crippen LogP contribution is -2.60. The molecule has 0 aromatic carbocycles. The topological polar surface area (TPSA) is 149 Å². The van der Waals surface area contributed by atoms with Crippen molar-refractivity contribution >= 4 is 5.91 Å². The van der Waals surface area contributed by atoms with Crippen LogP contribution in [-0.4, -0.2) is 87.5 Å². The van der Waals surface area contributed by atoms with Gasteiger partial charge in [-0.3, -0.25) is 4.79 Å². The van der Waals surface area contributed by atoms with Gasteiger partial charge >= 0.3 is 0 Å². The van der Waals surface area contributed by atoms with E-state index in [-0.39, 0.29) is 12.5 Å². The Labute approximate surface area is 450 Å². The lowest BCUT2D eigenvalue weighted by Gasteiger charge is -2.40. The molecule has 1 saturated heterocycles. The first kappa shape index (κ1) is 69.2. The maximum Gasteiger partial charge on any atom is 0.220 e. The summed E-state index contributed by atoms with van der Waals surface area (Å²) in [5.74, 6) is -0.142. The van der Waals surface area contributed by atoms with Gasteiger partial charge in [0.2, 0.25) is 5.91 Å². The summed E-state index contributed by atoms with van der Waals surface area (Å²) in [7, 11) is 0. The van der Waals surface area contributed by atoms with Crippen molar-refractivity contribution in [1.29, 1.82) is 0 Å². The molecule has 1 rings (SSSR count). The van der Waals surface area contributed by atoms with Crippen molar-refractivity contribution in [3.63, 3.8) is 0 Å². The molecular weight excluding hydrogens is 911 g/mol. The highest BCUT2D eigenvalue weighted by molar-refractivity contribution is 5.76. The van der Waals surface area contributed by atoms with Gasteiger partial charge in [0.25, 0.3) is 0 Å². The standard InChI is InChI=1S/C64H119NO8/c1-3-5-7-9-11-13-14-15-16-17-18-19-20-21-22-23-24-25-26-27-28-29-30-31-32-33-34-35-36-37-38-39-40-41-42-43-44-46-48-50-52-54-60(68)65-57(58(67)53-51-49-47-45-12-10-8-6-4-2)56-72-64-63(71)62(70)61(69)59(55-66)73-64/h5,7,11,13,15-16,18-19,57-59,61-64,66-67,69-71H,3-4,6,8-10,12,14,17,20-56H2,1-2H3,(H,65,68)/b7-5-,13-11-,16-15-,19-18-. The third-order valence-electron chi connectivity index (χ3n) is 14.9. The van der Waals surface area contributed by atoms with Gasteiger partial charge in [-0.05, 0) is 51.4 Å². The van der Waals surface area contributed by atoms with E-state index in [0.29, 0.717) is 12.8 Å². The maximum absolute atomic E-state index is 13.0. The van der Waals surface area contributed by atoms with Crippen LogP contribution in [0.25, 0.3) is 0 Å². The Kier molecular flexibility index (Phi) is 50.7. The minimum atomic E-state index is -1.55. The molecule has 428 valence electrons. The number of amides is 1. The summed E-state index contributed by atoms with van der Waals surface area (Å²) >= 11 is 0. The summed E-state index contributed by atoms with van der Waals surface area (Å²) in [4.78, 5) is 13.0. The Balaban J connectivity index is 1.96. The first-order chi connectivity index (χ1) is 35.8. The molecule has 0 aromatic heterocycles. The first-order valence-corrected chi connectivity index (χ1v) is 31.3. The minimum Gasteiger partial charge on any atom is -0.394 e. The fourth-order valence-corrected chi connectivity index (χ4v) is 10.0. The van der Waals surface area contributed by atoms with Crippen molar-refractivity contribution in [3.8, 4) is 0 Å². The van der Waals surface area contributed by atoms with Gasteiger partial charge in [0.1, 0.15) is 24.4 Å². The summed E-state index contributed by atoms with van der Waals surface area (Å²) < 4.78 is 11.3. The molecule has 1 amide bonds. The number of nitrogens with one attached hydrogen (secondary N) is 1. The number of carbonyl (C=O) groups is 1. The summed E-state index contributed by atoms with van der Waals surface area (Å²) in [6, 6.07) is -0.714. The zero-order valence-electron chi connectivity index (χ0n) is 47.6. The normalized spacial score (nSPS) is 19.4. The van der Waals surface area contributed by atoms with Crippen LogP contribution in [0, 0.1) is 0 Å². The molecule has 0 radical (unpaired) electrons. The highest BCUT2D eigenvalue weighted by Gasteiger charge is 2.44. The molecule has 1 fully saturated rings. The summed E-state index contributed by atoms with van der Waals surface area (Å²) in [5, 5.41) is 54.4. The van der Waals surface area contributed by atoms with Crippen LogP contribution in [0.5, 0.6) is 0 Å². The number of aliphatic hydroxyl groups is 5. The molecule has 0 spiro atoms. The zero-order valence-corrected chi connectivity index (χ0v) is 47.6. The van der Waals surface area contributed by atoms with Gasteiger partial charge in [-0.15, -0.1) is 0 Å². The number of ether oxygens (including phenoxy) is 2. The Morgan fingerprint density at radius 1 is 0.479 bits per heavy atom. The van der Waals surface area contributed by atoms with E-state index >= 15 is 0 Å². The van der Waals surface area contributed by atoms with Crippen molar-refractivity contribution in [1.82, 2.24) is 5.32 Å². The third kappa shape index (κ3) is 42.9. The predicted octanol–water partition coefficient (Wildman–Crippen LogP) is 16.1. The molecule has 7 unspecified atom stereocenters. The number of carbonyl (C=O) groups excluding carboxylic acids is 1. The van der Waals surface area contributed by atoms with Gasteiger partial charge in [-0.2, -0.15) is 0 Å². The average Bonchev–Trinajstić information content (AvgIpc) is 3.39. The largest absolute Gasteiger partial charge is 0.394 e. The quantitative estimate of drug-likeness (QED) is 0.0261. The van der Waals surface area contributed by atoms with E-state index < -0.39 is 49.5 Å². The Bertz CT molecular complexity index is 1290. The number of aliphatic hydroxyl groups excluding tert-OH is 5. The van der Waals surface area contributed by atoms with E-state index in [0.717, 1.165) is 64.2 Å². The first-order valence-electron chi connectivity index (χ1n) is 31.3. The van der Waals surface area contributed by atoms with Gasteiger partial charge in [0.05, 0.1) is 25.4 Å². The fourth-order valence-electron chi connectivity index (χ4n) is 10.0. The van der Waals surface area contributed by atoms with E-state index in [9.17, 15) is 30.3 Å². The van der Waals surface area contributed by atoms with Crippen molar-refractivity contribution in [2.45, 2.75) is 339 Å². The van der Waals surface area contributed by atoms with Crippen molar-refractivity contribution in [3.05, 3.63) is 48.6 Å². The van der Waals surface area contributed by atoms with Crippen LogP contribution in [0.3, 0.4) is 0 Å². The SMILES string of the molecule is CC/C=C\C/C=C\C/C=C\C/C=C\CCCCCCCCCCCCCCCCCCCCCCCCCCCCCCC(=O)NC(COC1OC(CO)C(O)C(O)C1O)C(O)CCCCCCCCCCC. The monoisotopic (exact) mass is 1030 g/mol. The van der Waals surface area contributed by atoms with Crippen LogP contribution >= 0.6 is 0 Å². The molecule has 1 aliphatic heterocycles. The van der Waals surface area contributed by atoms with Gasteiger partial charge in [0.15, 0.2) is 6.29 Å². The molecule has 6 N–H and O–H groups in total. The van der Waals surface area contributed by atoms with E-state index in [2.05, 4.69) is 67.8 Å². The van der Waals surface area contributed by atoms with Crippen LogP contribution in [0.15, 0.2) is 48.6 Å². The second-order valence-electron chi connectivity index (χ2n) is 21.8. The molecule has 9 nitrogen and oxygen atoms in total. The van der Waals surface area contributed by atoms with Crippen LogP contribution in [-0.2, 0) is 14.3 Å². The zero-order chi connectivity index (χ0) is 52.9. The van der Waals surface area contributed by atoms with Crippen LogP contribution in [0.2, 0.25) is 0 Å². The summed E-state index contributed by atoms with van der Waals surface area (Å²) in [5.41, 5.74) is 0. The Morgan fingerprint density at radius 2 is 0.849 bits per heavy atom. The molecule has 73 heavy (non-hydrogen) atoms. The third-order valence-corrected chi connectivity index (χ3v) is 14.9. The number of hydrogen-bond acceptors (Lipinski definition) is 8. The van der Waals surface area contributed by atoms with Crippen molar-refractivity contribution in [2.75, 3.05) is 13.2 Å². The lowest BCUT2D eigenvalue weighted by molar-refractivity contribution is -0.302. The van der Waals surface area contributed by atoms with Crippen LogP contribution < -0.4 is 5.32 Å². The van der Waals surface area contributed by atoms with E-state index in [4.69, 9.17) is 9.47 Å². The molecular formula is C64H119NO8. The number of hydrogen-bond donors (Lipinski definition) is 6. The van der Waals surface area contributed by atoms with Gasteiger partial charge in [-0.1, -0.05) is 287 Å². The molecule has 1 heterocycles. The average molecular weight is 1030 g/mol. The van der Waals surface area contributed by atoms with Crippen molar-refractivity contribution in [2.24, 2.45) is 0 Å². The fraction of sp³-hybridized carbons (Fsp3) is 0.859. The second-order valence-corrected chi connectivity index (χ2v) is 21.8. The number of allylic oxidation sites excluding steroid dienone is 8. The Morgan fingerprint density at radius 3 is 1.26 bits per heavy atom. The lowest BCUT2D eigenvalue weighted by atomic mass is 9.99. The second kappa shape index (κ2) is 53.5. The van der Waals surface area contributed by atoms with E-state index in [1.54, 1.807) is 0 Å². The molecule has 0 bridgehead atoms. The van der Waals surface area contributed by atoms with Crippen LogP contribution in [0.1, 0.15) is 296 Å². The van der Waals surface area contributed by atoms with Gasteiger partial charge < -0.3 is 40.3 Å². The van der Waals surface area contributed by atoms with E-state index in [1.807, 2.05) is 0 Å². The maximum atomic E-state index is 13.0. The van der Waals surface area contributed by atoms with Crippen molar-refractivity contribution < 1.29 is 39.8 Å². The number of rotatable bonds is 54. The predicted molar refractivity (Wildman–Crippen MR) is 309 cm³/mol. The van der Waals surface area contributed by atoms with Gasteiger partial charge in [0, 0.05) is 6.42 Å². The summed E-state index contributed by atoms with van der Waals surface area (Å²) in [6.07, 6.45) is 64.9. The smallest absolute Gasteiger partial charge is 0.220 e. The molecule has 1 aliphatic rings. The van der Waals surface area contributed by atoms with Crippen LogP contribution in [0.4, 0.5) is 0 Å². The number of unbranched alkanes of at least 4 members (excludes halogenated alkanes) is 36. The highest BCUT2D eigenvalue weighted by atomic mass is 16.7. The molecule has 0 aliphatic carbocycles.